The Balaban J connectivity index is 0.00000118. The molecule has 0 amide bonds. The van der Waals surface area contributed by atoms with E-state index in [0.29, 0.717) is 32.3 Å². The number of aliphatic hydroxyl groups excluding tert-OH is 1. The first-order chi connectivity index (χ1) is 11.3. The summed E-state index contributed by atoms with van der Waals surface area (Å²) in [6.45, 7) is 10.8. The lowest BCUT2D eigenvalue weighted by atomic mass is 10.0. The molecule has 24 heavy (non-hydrogen) atoms. The van der Waals surface area contributed by atoms with Crippen LogP contribution in [0.4, 0.5) is 0 Å². The maximum atomic E-state index is 11.4. The Kier molecular flexibility index (Phi) is 12.1. The molecule has 0 radical (unpaired) electrons. The highest BCUT2D eigenvalue weighted by Gasteiger charge is 2.41. The molecule has 1 aliphatic rings. The van der Waals surface area contributed by atoms with Crippen molar-refractivity contribution in [1.82, 2.24) is 0 Å². The Labute approximate surface area is 146 Å². The second-order valence-corrected chi connectivity index (χ2v) is 8.39. The van der Waals surface area contributed by atoms with Crippen LogP contribution in [0.25, 0.3) is 0 Å². The van der Waals surface area contributed by atoms with Gasteiger partial charge in [-0.3, -0.25) is 9.59 Å². The van der Waals surface area contributed by atoms with Crippen molar-refractivity contribution in [3.8, 4) is 0 Å². The van der Waals surface area contributed by atoms with Gasteiger partial charge < -0.3 is 23.1 Å². The van der Waals surface area contributed by atoms with Crippen molar-refractivity contribution in [3.05, 3.63) is 0 Å². The van der Waals surface area contributed by atoms with E-state index < -0.39 is 20.7 Å². The number of esters is 2. The molecule has 1 fully saturated rings. The molecule has 1 N–H and O–H groups in total. The number of hydrogen-bond donors (Lipinski definition) is 1. The van der Waals surface area contributed by atoms with Gasteiger partial charge in [0.2, 0.25) is 0 Å². The summed E-state index contributed by atoms with van der Waals surface area (Å²) in [5.74, 6) is -1.16. The Bertz CT molecular complexity index is 354. The highest BCUT2D eigenvalue weighted by Crippen LogP contribution is 2.25. The van der Waals surface area contributed by atoms with Crippen molar-refractivity contribution in [2.75, 3.05) is 19.8 Å². The molecule has 1 unspecified atom stereocenters. The van der Waals surface area contributed by atoms with Gasteiger partial charge in [-0.1, -0.05) is 0 Å². The molecule has 0 aromatic carbocycles. The Morgan fingerprint density at radius 1 is 1.12 bits per heavy atom. The van der Waals surface area contributed by atoms with Crippen LogP contribution in [-0.2, 0) is 27.6 Å². The SMILES string of the molecule is CC(C)O.CCO[Si](CCCC1CC(=O)OC1=O)(OCC)OCC. The lowest BCUT2D eigenvalue weighted by Gasteiger charge is -2.28. The Morgan fingerprint density at radius 2 is 1.58 bits per heavy atom. The van der Waals surface area contributed by atoms with Gasteiger partial charge in [-0.25, -0.2) is 0 Å². The van der Waals surface area contributed by atoms with Crippen molar-refractivity contribution < 1.29 is 32.7 Å². The van der Waals surface area contributed by atoms with Crippen LogP contribution in [0, 0.1) is 5.92 Å². The predicted molar refractivity (Wildman–Crippen MR) is 91.2 cm³/mol. The average Bonchev–Trinajstić information content (AvgIpc) is 2.77. The number of ether oxygens (including phenoxy) is 1. The van der Waals surface area contributed by atoms with E-state index in [-0.39, 0.29) is 18.4 Å². The minimum Gasteiger partial charge on any atom is -0.394 e. The molecule has 1 heterocycles. The van der Waals surface area contributed by atoms with Crippen LogP contribution >= 0.6 is 0 Å². The number of rotatable bonds is 10. The molecule has 8 heteroatoms. The van der Waals surface area contributed by atoms with Gasteiger partial charge in [0, 0.05) is 32.0 Å². The third-order valence-corrected chi connectivity index (χ3v) is 6.24. The zero-order chi connectivity index (χ0) is 18.6. The molecule has 142 valence electrons. The summed E-state index contributed by atoms with van der Waals surface area (Å²) < 4.78 is 21.7. The van der Waals surface area contributed by atoms with Crippen molar-refractivity contribution in [2.45, 2.75) is 66.0 Å². The molecular weight excluding hydrogens is 332 g/mol. The summed E-state index contributed by atoms with van der Waals surface area (Å²) >= 11 is 0. The third-order valence-electron chi connectivity index (χ3n) is 3.09. The van der Waals surface area contributed by atoms with E-state index in [2.05, 4.69) is 4.74 Å². The zero-order valence-electron chi connectivity index (χ0n) is 15.5. The number of carbonyl (C=O) groups excluding carboxylic acids is 2. The number of aliphatic hydroxyl groups is 1. The molecule has 0 aromatic heterocycles. The number of carbonyl (C=O) groups is 2. The Morgan fingerprint density at radius 3 is 1.92 bits per heavy atom. The maximum absolute atomic E-state index is 11.4. The summed E-state index contributed by atoms with van der Waals surface area (Å²) in [6, 6.07) is 0.653. The van der Waals surface area contributed by atoms with E-state index in [1.165, 1.54) is 0 Å². The van der Waals surface area contributed by atoms with Crippen LogP contribution in [0.2, 0.25) is 6.04 Å². The highest BCUT2D eigenvalue weighted by atomic mass is 28.4. The molecule has 0 bridgehead atoms. The maximum Gasteiger partial charge on any atom is 0.500 e. The summed E-state index contributed by atoms with van der Waals surface area (Å²) in [4.78, 5) is 22.4. The standard InChI is InChI=1S/C13H24O6Si.C3H8O/c1-4-16-20(17-5-2,18-6-3)9-7-8-11-10-12(14)19-13(11)15;1-3(2)4/h11H,4-10H2,1-3H3;3-4H,1-2H3. The van der Waals surface area contributed by atoms with E-state index in [4.69, 9.17) is 18.4 Å². The molecule has 0 aromatic rings. The second kappa shape index (κ2) is 12.5. The summed E-state index contributed by atoms with van der Waals surface area (Å²) in [5.41, 5.74) is 0. The molecule has 1 atom stereocenters. The topological polar surface area (TPSA) is 91.3 Å². The first-order valence-electron chi connectivity index (χ1n) is 8.64. The smallest absolute Gasteiger partial charge is 0.394 e. The van der Waals surface area contributed by atoms with Gasteiger partial charge in [0.05, 0.1) is 12.3 Å². The van der Waals surface area contributed by atoms with Crippen LogP contribution in [0.1, 0.15) is 53.9 Å². The largest absolute Gasteiger partial charge is 0.500 e. The van der Waals surface area contributed by atoms with Crippen molar-refractivity contribution in [2.24, 2.45) is 5.92 Å². The van der Waals surface area contributed by atoms with E-state index in [9.17, 15) is 9.59 Å². The average molecular weight is 365 g/mol. The first kappa shape index (κ1) is 23.2. The fraction of sp³-hybridized carbons (Fsp3) is 0.875. The van der Waals surface area contributed by atoms with E-state index in [0.717, 1.165) is 6.42 Å². The van der Waals surface area contributed by atoms with Crippen molar-refractivity contribution in [3.63, 3.8) is 0 Å². The van der Waals surface area contributed by atoms with E-state index >= 15 is 0 Å². The van der Waals surface area contributed by atoms with Gasteiger partial charge in [-0.2, -0.15) is 0 Å². The van der Waals surface area contributed by atoms with E-state index in [1.807, 2.05) is 20.8 Å². The molecule has 1 saturated heterocycles. The zero-order valence-corrected chi connectivity index (χ0v) is 16.5. The fourth-order valence-electron chi connectivity index (χ4n) is 2.31. The quantitative estimate of drug-likeness (QED) is 0.361. The normalized spacial score (nSPS) is 17.7. The van der Waals surface area contributed by atoms with Gasteiger partial charge in [0.1, 0.15) is 0 Å². The summed E-state index contributed by atoms with van der Waals surface area (Å²) in [7, 11) is -2.64. The van der Waals surface area contributed by atoms with Gasteiger partial charge in [0.15, 0.2) is 0 Å². The van der Waals surface area contributed by atoms with Gasteiger partial charge in [-0.15, -0.1) is 0 Å². The van der Waals surface area contributed by atoms with Crippen LogP contribution in [0.15, 0.2) is 0 Å². The lowest BCUT2D eigenvalue weighted by molar-refractivity contribution is -0.153. The molecule has 1 rings (SSSR count). The molecular formula is C16H32O7Si. The first-order valence-corrected chi connectivity index (χ1v) is 10.6. The minimum atomic E-state index is -2.64. The fourth-order valence-corrected chi connectivity index (χ4v) is 4.95. The molecule has 0 saturated carbocycles. The third kappa shape index (κ3) is 9.48. The van der Waals surface area contributed by atoms with Crippen LogP contribution in [0.3, 0.4) is 0 Å². The molecule has 0 spiro atoms. The summed E-state index contributed by atoms with van der Waals surface area (Å²) in [6.07, 6.45) is 1.34. The van der Waals surface area contributed by atoms with Gasteiger partial charge >= 0.3 is 20.7 Å². The minimum absolute atomic E-state index is 0.167. The van der Waals surface area contributed by atoms with Crippen LogP contribution in [0.5, 0.6) is 0 Å². The van der Waals surface area contributed by atoms with Crippen LogP contribution < -0.4 is 0 Å². The summed E-state index contributed by atoms with van der Waals surface area (Å²) in [5, 5.41) is 8.06. The second-order valence-electron chi connectivity index (χ2n) is 5.66. The van der Waals surface area contributed by atoms with Crippen molar-refractivity contribution in [1.29, 1.82) is 0 Å². The molecule has 7 nitrogen and oxygen atoms in total. The predicted octanol–water partition coefficient (Wildman–Crippen LogP) is 2.29. The highest BCUT2D eigenvalue weighted by molar-refractivity contribution is 6.60. The van der Waals surface area contributed by atoms with E-state index in [1.54, 1.807) is 13.8 Å². The Hall–Kier alpha value is -0.803. The van der Waals surface area contributed by atoms with Gasteiger partial charge in [-0.05, 0) is 47.5 Å². The molecule has 1 aliphatic heterocycles. The van der Waals surface area contributed by atoms with Gasteiger partial charge in [0.25, 0.3) is 0 Å². The molecule has 0 aliphatic carbocycles. The van der Waals surface area contributed by atoms with Crippen LogP contribution in [-0.4, -0.2) is 51.8 Å². The van der Waals surface area contributed by atoms with Crippen molar-refractivity contribution >= 4 is 20.7 Å². The number of cyclic esters (lactones) is 2. The monoisotopic (exact) mass is 364 g/mol. The lowest BCUT2D eigenvalue weighted by Crippen LogP contribution is -2.46. The number of hydrogen-bond acceptors (Lipinski definition) is 7.